The first-order chi connectivity index (χ1) is 12.2. The van der Waals surface area contributed by atoms with Crippen LogP contribution in [0.15, 0.2) is 47.4 Å². The number of carbonyl (C=O) groups is 1. The molecule has 0 bridgehead atoms. The van der Waals surface area contributed by atoms with Crippen LogP contribution in [0.25, 0.3) is 0 Å². The molecule has 0 saturated carbocycles. The molecular weight excluding hydrogens is 374 g/mol. The van der Waals surface area contributed by atoms with Crippen molar-refractivity contribution in [2.45, 2.75) is 11.4 Å². The van der Waals surface area contributed by atoms with Crippen molar-refractivity contribution in [1.29, 1.82) is 5.26 Å². The fourth-order valence-electron chi connectivity index (χ4n) is 2.28. The van der Waals surface area contributed by atoms with E-state index in [1.165, 1.54) is 37.2 Å². The number of sulfonamides is 1. The minimum atomic E-state index is -3.76. The van der Waals surface area contributed by atoms with Crippen LogP contribution in [0, 0.1) is 11.3 Å². The molecule has 0 fully saturated rings. The minimum absolute atomic E-state index is 0.0602. The van der Waals surface area contributed by atoms with E-state index in [9.17, 15) is 13.2 Å². The van der Waals surface area contributed by atoms with Gasteiger partial charge in [0.2, 0.25) is 10.0 Å². The SMILES string of the molecule is CN(Cc1ccc(C#N)cc1)C(=O)c1ccc(Cl)c(S(=O)(=O)N(C)C)c1. The van der Waals surface area contributed by atoms with Gasteiger partial charge in [0.1, 0.15) is 4.90 Å². The highest BCUT2D eigenvalue weighted by Crippen LogP contribution is 2.25. The van der Waals surface area contributed by atoms with Crippen molar-refractivity contribution in [3.05, 3.63) is 64.2 Å². The van der Waals surface area contributed by atoms with Gasteiger partial charge in [0.25, 0.3) is 5.91 Å². The second-order valence-electron chi connectivity index (χ2n) is 5.90. The number of nitrogens with zero attached hydrogens (tertiary/aromatic N) is 3. The lowest BCUT2D eigenvalue weighted by Gasteiger charge is -2.19. The molecule has 1 amide bonds. The molecule has 0 aliphatic heterocycles. The lowest BCUT2D eigenvalue weighted by molar-refractivity contribution is 0.0785. The van der Waals surface area contributed by atoms with Gasteiger partial charge in [0.15, 0.2) is 0 Å². The summed E-state index contributed by atoms with van der Waals surface area (Å²) in [5.41, 5.74) is 1.62. The highest BCUT2D eigenvalue weighted by Gasteiger charge is 2.23. The summed E-state index contributed by atoms with van der Waals surface area (Å²) in [7, 11) is 0.664. The summed E-state index contributed by atoms with van der Waals surface area (Å²) in [6, 6.07) is 13.1. The van der Waals surface area contributed by atoms with Crippen LogP contribution in [0.5, 0.6) is 0 Å². The normalized spacial score (nSPS) is 11.2. The second kappa shape index (κ2) is 7.87. The molecule has 136 valence electrons. The Morgan fingerprint density at radius 1 is 1.12 bits per heavy atom. The maximum atomic E-state index is 12.7. The third-order valence-electron chi connectivity index (χ3n) is 3.79. The van der Waals surface area contributed by atoms with Crippen molar-refractivity contribution in [1.82, 2.24) is 9.21 Å². The highest BCUT2D eigenvalue weighted by atomic mass is 35.5. The van der Waals surface area contributed by atoms with Gasteiger partial charge in [-0.05, 0) is 35.9 Å². The smallest absolute Gasteiger partial charge is 0.253 e. The molecule has 2 aromatic rings. The van der Waals surface area contributed by atoms with Gasteiger partial charge >= 0.3 is 0 Å². The first-order valence-electron chi connectivity index (χ1n) is 7.63. The Hall–Kier alpha value is -2.40. The number of benzene rings is 2. The molecule has 26 heavy (non-hydrogen) atoms. The van der Waals surface area contributed by atoms with Crippen LogP contribution in [-0.2, 0) is 16.6 Å². The molecule has 0 atom stereocenters. The summed E-state index contributed by atoms with van der Waals surface area (Å²) < 4.78 is 25.7. The molecule has 2 rings (SSSR count). The molecule has 0 saturated heterocycles. The number of carbonyl (C=O) groups excluding carboxylic acids is 1. The van der Waals surface area contributed by atoms with Crippen LogP contribution >= 0.6 is 11.6 Å². The Bertz CT molecular complexity index is 964. The van der Waals surface area contributed by atoms with Crippen molar-refractivity contribution in [2.75, 3.05) is 21.1 Å². The van der Waals surface area contributed by atoms with Crippen LogP contribution < -0.4 is 0 Å². The van der Waals surface area contributed by atoms with E-state index in [0.29, 0.717) is 12.1 Å². The summed E-state index contributed by atoms with van der Waals surface area (Å²) in [6.07, 6.45) is 0. The van der Waals surface area contributed by atoms with Gasteiger partial charge in [-0.15, -0.1) is 0 Å². The fraction of sp³-hybridized carbons (Fsp3) is 0.222. The first kappa shape index (κ1) is 19.9. The Kier molecular flexibility index (Phi) is 6.03. The second-order valence-corrected chi connectivity index (χ2v) is 8.43. The average Bonchev–Trinajstić information content (AvgIpc) is 2.61. The Morgan fingerprint density at radius 2 is 1.73 bits per heavy atom. The molecule has 0 unspecified atom stereocenters. The van der Waals surface area contributed by atoms with Gasteiger partial charge in [0.05, 0.1) is 16.7 Å². The molecule has 8 heteroatoms. The molecule has 0 aromatic heterocycles. The zero-order valence-corrected chi connectivity index (χ0v) is 16.2. The maximum Gasteiger partial charge on any atom is 0.253 e. The molecule has 0 aliphatic carbocycles. The van der Waals surface area contributed by atoms with Crippen LogP contribution in [0.3, 0.4) is 0 Å². The van der Waals surface area contributed by atoms with Gasteiger partial charge in [-0.2, -0.15) is 5.26 Å². The minimum Gasteiger partial charge on any atom is -0.337 e. The molecule has 0 aliphatic rings. The van der Waals surface area contributed by atoms with Crippen molar-refractivity contribution in [3.63, 3.8) is 0 Å². The van der Waals surface area contributed by atoms with Crippen LogP contribution in [0.4, 0.5) is 0 Å². The zero-order chi connectivity index (χ0) is 19.5. The third-order valence-corrected chi connectivity index (χ3v) is 6.08. The van der Waals surface area contributed by atoms with Gasteiger partial charge in [0, 0.05) is 33.3 Å². The highest BCUT2D eigenvalue weighted by molar-refractivity contribution is 7.89. The number of hydrogen-bond donors (Lipinski definition) is 0. The molecule has 0 spiro atoms. The number of rotatable bonds is 5. The van der Waals surface area contributed by atoms with Gasteiger partial charge < -0.3 is 4.90 Å². The number of amides is 1. The molecule has 0 N–H and O–H groups in total. The fourth-order valence-corrected chi connectivity index (χ4v) is 3.68. The van der Waals surface area contributed by atoms with Crippen molar-refractivity contribution < 1.29 is 13.2 Å². The predicted molar refractivity (Wildman–Crippen MR) is 99.3 cm³/mol. The lowest BCUT2D eigenvalue weighted by atomic mass is 10.1. The quantitative estimate of drug-likeness (QED) is 0.784. The molecule has 0 radical (unpaired) electrons. The Morgan fingerprint density at radius 3 is 2.27 bits per heavy atom. The Labute approximate surface area is 158 Å². The average molecular weight is 392 g/mol. The van der Waals surface area contributed by atoms with E-state index in [4.69, 9.17) is 16.9 Å². The standard InChI is InChI=1S/C18H18ClN3O3S/c1-21(2)26(24,25)17-10-15(8-9-16(17)19)18(23)22(3)12-14-6-4-13(11-20)5-7-14/h4-10H,12H2,1-3H3. The summed E-state index contributed by atoms with van der Waals surface area (Å²) >= 11 is 6.01. The van der Waals surface area contributed by atoms with Crippen molar-refractivity contribution in [2.24, 2.45) is 0 Å². The van der Waals surface area contributed by atoms with E-state index in [1.807, 2.05) is 6.07 Å². The molecule has 6 nitrogen and oxygen atoms in total. The van der Waals surface area contributed by atoms with Crippen LogP contribution in [-0.4, -0.2) is 44.7 Å². The number of halogens is 1. The van der Waals surface area contributed by atoms with Crippen molar-refractivity contribution >= 4 is 27.5 Å². The van der Waals surface area contributed by atoms with E-state index in [-0.39, 0.29) is 21.4 Å². The van der Waals surface area contributed by atoms with E-state index in [2.05, 4.69) is 0 Å². The largest absolute Gasteiger partial charge is 0.337 e. The predicted octanol–water partition coefficient (Wildman–Crippen LogP) is 2.73. The summed E-state index contributed by atoms with van der Waals surface area (Å²) in [6.45, 7) is 0.322. The van der Waals surface area contributed by atoms with Crippen LogP contribution in [0.2, 0.25) is 5.02 Å². The monoisotopic (exact) mass is 391 g/mol. The lowest BCUT2D eigenvalue weighted by Crippen LogP contribution is -2.27. The first-order valence-corrected chi connectivity index (χ1v) is 9.45. The zero-order valence-electron chi connectivity index (χ0n) is 14.6. The van der Waals surface area contributed by atoms with Gasteiger partial charge in [-0.3, -0.25) is 4.79 Å². The Balaban J connectivity index is 2.27. The van der Waals surface area contributed by atoms with Crippen molar-refractivity contribution in [3.8, 4) is 6.07 Å². The van der Waals surface area contributed by atoms with E-state index in [0.717, 1.165) is 9.87 Å². The molecular formula is C18H18ClN3O3S. The van der Waals surface area contributed by atoms with E-state index < -0.39 is 10.0 Å². The summed E-state index contributed by atoms with van der Waals surface area (Å²) in [5, 5.41) is 8.88. The number of hydrogen-bond acceptors (Lipinski definition) is 4. The summed E-state index contributed by atoms with van der Waals surface area (Å²) in [4.78, 5) is 14.0. The molecule has 2 aromatic carbocycles. The van der Waals surface area contributed by atoms with E-state index >= 15 is 0 Å². The summed E-state index contributed by atoms with van der Waals surface area (Å²) in [5.74, 6) is -0.332. The van der Waals surface area contributed by atoms with Crippen LogP contribution in [0.1, 0.15) is 21.5 Å². The van der Waals surface area contributed by atoms with Gasteiger partial charge in [-0.25, -0.2) is 12.7 Å². The maximum absolute atomic E-state index is 12.7. The topological polar surface area (TPSA) is 81.5 Å². The van der Waals surface area contributed by atoms with Gasteiger partial charge in [-0.1, -0.05) is 23.7 Å². The molecule has 0 heterocycles. The van der Waals surface area contributed by atoms with E-state index in [1.54, 1.807) is 31.3 Å². The third kappa shape index (κ3) is 4.22. The number of nitriles is 1.